The number of amides is 2. The van der Waals surface area contributed by atoms with Crippen LogP contribution in [0.4, 0.5) is 9.18 Å². The molecule has 1 aliphatic heterocycles. The van der Waals surface area contributed by atoms with Crippen molar-refractivity contribution in [3.8, 4) is 0 Å². The van der Waals surface area contributed by atoms with Crippen LogP contribution in [0, 0.1) is 5.82 Å². The molecule has 18 heavy (non-hydrogen) atoms. The number of hydrogen-bond donors (Lipinski definition) is 2. The first-order valence-corrected chi connectivity index (χ1v) is 6.48. The Morgan fingerprint density at radius 3 is 2.39 bits per heavy atom. The molecule has 0 radical (unpaired) electrons. The highest BCUT2D eigenvalue weighted by Gasteiger charge is 2.40. The Balaban J connectivity index is 1.66. The van der Waals surface area contributed by atoms with Crippen LogP contribution in [0.5, 0.6) is 0 Å². The molecular weight excluding hydrogens is 231 g/mol. The lowest BCUT2D eigenvalue weighted by Crippen LogP contribution is -2.46. The fourth-order valence-corrected chi connectivity index (χ4v) is 3.12. The van der Waals surface area contributed by atoms with Gasteiger partial charge >= 0.3 is 6.03 Å². The molecule has 4 heteroatoms. The van der Waals surface area contributed by atoms with Gasteiger partial charge in [-0.3, -0.25) is 0 Å². The van der Waals surface area contributed by atoms with Crippen LogP contribution in [0.1, 0.15) is 37.2 Å². The van der Waals surface area contributed by atoms with E-state index in [9.17, 15) is 9.18 Å². The molecule has 2 aliphatic rings. The number of rotatable bonds is 1. The minimum atomic E-state index is -0.182. The Kier molecular flexibility index (Phi) is 2.73. The number of nitrogens with one attached hydrogen (secondary N) is 2. The van der Waals surface area contributed by atoms with E-state index in [1.54, 1.807) is 0 Å². The molecule has 96 valence electrons. The average molecular weight is 248 g/mol. The summed E-state index contributed by atoms with van der Waals surface area (Å²) in [6.45, 7) is 0.738. The van der Waals surface area contributed by atoms with Crippen molar-refractivity contribution in [2.24, 2.45) is 0 Å². The van der Waals surface area contributed by atoms with E-state index in [-0.39, 0.29) is 17.4 Å². The Hall–Kier alpha value is -1.58. The van der Waals surface area contributed by atoms with E-state index in [1.165, 1.54) is 17.7 Å². The Morgan fingerprint density at radius 2 is 1.83 bits per heavy atom. The van der Waals surface area contributed by atoms with Gasteiger partial charge in [-0.05, 0) is 49.3 Å². The third-order valence-electron chi connectivity index (χ3n) is 4.25. The van der Waals surface area contributed by atoms with Crippen molar-refractivity contribution in [3.63, 3.8) is 0 Å². The number of halogens is 1. The first-order chi connectivity index (χ1) is 8.67. The number of carbonyl (C=O) groups is 1. The third-order valence-corrected chi connectivity index (χ3v) is 4.25. The van der Waals surface area contributed by atoms with Crippen LogP contribution in [0.15, 0.2) is 24.3 Å². The molecule has 3 rings (SSSR count). The number of hydrogen-bond acceptors (Lipinski definition) is 1. The summed E-state index contributed by atoms with van der Waals surface area (Å²) in [7, 11) is 0. The zero-order valence-electron chi connectivity index (χ0n) is 10.2. The minimum Gasteiger partial charge on any atom is -0.336 e. The van der Waals surface area contributed by atoms with Gasteiger partial charge in [0.1, 0.15) is 5.82 Å². The summed E-state index contributed by atoms with van der Waals surface area (Å²) in [5.74, 6) is 0.312. The standard InChI is InChI=1S/C14H17FN2O/c15-12-3-1-10(2-4-12)11-5-7-14(8-6-11)9-16-13(18)17-14/h1-4,11H,5-9H2,(H2,16,17,18). The van der Waals surface area contributed by atoms with Crippen molar-refractivity contribution in [2.75, 3.05) is 6.54 Å². The average Bonchev–Trinajstić information content (AvgIpc) is 2.73. The largest absolute Gasteiger partial charge is 0.336 e. The Bertz CT molecular complexity index is 449. The fraction of sp³-hybridized carbons (Fsp3) is 0.500. The van der Waals surface area contributed by atoms with E-state index in [4.69, 9.17) is 0 Å². The third kappa shape index (κ3) is 2.07. The molecule has 2 amide bonds. The molecule has 2 N–H and O–H groups in total. The molecule has 2 fully saturated rings. The Morgan fingerprint density at radius 1 is 1.17 bits per heavy atom. The van der Waals surface area contributed by atoms with Gasteiger partial charge in [0.25, 0.3) is 0 Å². The zero-order chi connectivity index (χ0) is 12.6. The monoisotopic (exact) mass is 248 g/mol. The van der Waals surface area contributed by atoms with Crippen molar-refractivity contribution >= 4 is 6.03 Å². The summed E-state index contributed by atoms with van der Waals surface area (Å²) in [5, 5.41) is 5.88. The molecule has 1 aromatic rings. The van der Waals surface area contributed by atoms with Crippen LogP contribution in [-0.4, -0.2) is 18.1 Å². The second-order valence-electron chi connectivity index (χ2n) is 5.41. The lowest BCUT2D eigenvalue weighted by molar-refractivity contribution is 0.231. The highest BCUT2D eigenvalue weighted by atomic mass is 19.1. The molecule has 0 atom stereocenters. The highest BCUT2D eigenvalue weighted by molar-refractivity contribution is 5.77. The lowest BCUT2D eigenvalue weighted by atomic mass is 9.74. The maximum Gasteiger partial charge on any atom is 0.315 e. The van der Waals surface area contributed by atoms with Gasteiger partial charge in [-0.2, -0.15) is 0 Å². The van der Waals surface area contributed by atoms with Crippen molar-refractivity contribution in [2.45, 2.75) is 37.1 Å². The summed E-state index contributed by atoms with van der Waals surface area (Å²) >= 11 is 0. The summed E-state index contributed by atoms with van der Waals surface area (Å²) in [4.78, 5) is 11.2. The zero-order valence-corrected chi connectivity index (χ0v) is 10.2. The molecule has 1 aromatic carbocycles. The van der Waals surface area contributed by atoms with Crippen molar-refractivity contribution < 1.29 is 9.18 Å². The van der Waals surface area contributed by atoms with Gasteiger partial charge in [-0.15, -0.1) is 0 Å². The maximum absolute atomic E-state index is 12.9. The predicted octanol–water partition coefficient (Wildman–Crippen LogP) is 2.53. The quantitative estimate of drug-likeness (QED) is 0.788. The maximum atomic E-state index is 12.9. The minimum absolute atomic E-state index is 0.0341. The van der Waals surface area contributed by atoms with Crippen molar-refractivity contribution in [1.82, 2.24) is 10.6 Å². The normalized spacial score (nSPS) is 31.2. The van der Waals surface area contributed by atoms with E-state index in [1.807, 2.05) is 12.1 Å². The topological polar surface area (TPSA) is 41.1 Å². The molecular formula is C14H17FN2O. The second kappa shape index (κ2) is 4.26. The molecule has 1 spiro atoms. The molecule has 1 saturated heterocycles. The van der Waals surface area contributed by atoms with Gasteiger partial charge in [0.15, 0.2) is 0 Å². The van der Waals surface area contributed by atoms with Gasteiger partial charge in [0, 0.05) is 6.54 Å². The molecule has 1 saturated carbocycles. The van der Waals surface area contributed by atoms with Gasteiger partial charge in [0.2, 0.25) is 0 Å². The molecule has 1 aliphatic carbocycles. The second-order valence-corrected chi connectivity index (χ2v) is 5.41. The van der Waals surface area contributed by atoms with Crippen LogP contribution in [0.25, 0.3) is 0 Å². The molecule has 0 bridgehead atoms. The molecule has 1 heterocycles. The molecule has 0 unspecified atom stereocenters. The van der Waals surface area contributed by atoms with Crippen LogP contribution in [-0.2, 0) is 0 Å². The summed E-state index contributed by atoms with van der Waals surface area (Å²) in [6.07, 6.45) is 4.09. The number of urea groups is 1. The summed E-state index contributed by atoms with van der Waals surface area (Å²) in [6, 6.07) is 6.76. The fourth-order valence-electron chi connectivity index (χ4n) is 3.12. The van der Waals surface area contributed by atoms with Crippen LogP contribution in [0.2, 0.25) is 0 Å². The van der Waals surface area contributed by atoms with E-state index in [2.05, 4.69) is 10.6 Å². The summed E-state index contributed by atoms with van der Waals surface area (Å²) in [5.41, 5.74) is 1.18. The van der Waals surface area contributed by atoms with E-state index >= 15 is 0 Å². The van der Waals surface area contributed by atoms with Gasteiger partial charge < -0.3 is 10.6 Å². The smallest absolute Gasteiger partial charge is 0.315 e. The van der Waals surface area contributed by atoms with Crippen LogP contribution < -0.4 is 10.6 Å². The van der Waals surface area contributed by atoms with Gasteiger partial charge in [-0.25, -0.2) is 9.18 Å². The van der Waals surface area contributed by atoms with E-state index < -0.39 is 0 Å². The van der Waals surface area contributed by atoms with Crippen molar-refractivity contribution in [3.05, 3.63) is 35.6 Å². The highest BCUT2D eigenvalue weighted by Crippen LogP contribution is 2.38. The van der Waals surface area contributed by atoms with E-state index in [0.29, 0.717) is 5.92 Å². The number of benzene rings is 1. The van der Waals surface area contributed by atoms with Gasteiger partial charge in [0.05, 0.1) is 5.54 Å². The first kappa shape index (κ1) is 11.5. The Labute approximate surface area is 106 Å². The molecule has 3 nitrogen and oxygen atoms in total. The first-order valence-electron chi connectivity index (χ1n) is 6.48. The molecule has 0 aromatic heterocycles. The van der Waals surface area contributed by atoms with Crippen LogP contribution in [0.3, 0.4) is 0 Å². The predicted molar refractivity (Wildman–Crippen MR) is 66.9 cm³/mol. The number of carbonyl (C=O) groups excluding carboxylic acids is 1. The van der Waals surface area contributed by atoms with Crippen molar-refractivity contribution in [1.29, 1.82) is 0 Å². The van der Waals surface area contributed by atoms with E-state index in [0.717, 1.165) is 32.2 Å². The SMILES string of the molecule is O=C1NCC2(CCC(c3ccc(F)cc3)CC2)N1. The lowest BCUT2D eigenvalue weighted by Gasteiger charge is -2.36. The van der Waals surface area contributed by atoms with Crippen LogP contribution >= 0.6 is 0 Å². The van der Waals surface area contributed by atoms with Gasteiger partial charge in [-0.1, -0.05) is 12.1 Å². The summed E-state index contributed by atoms with van der Waals surface area (Å²) < 4.78 is 12.9.